The zero-order chi connectivity index (χ0) is 23.9. The molecule has 0 radical (unpaired) electrons. The number of ether oxygens (including phenoxy) is 2. The smallest absolute Gasteiger partial charge is 0.410 e. The number of morpholine rings is 1. The van der Waals surface area contributed by atoms with Crippen LogP contribution < -0.4 is 5.32 Å². The Morgan fingerprint density at radius 2 is 1.97 bits per heavy atom. The topological polar surface area (TPSA) is 85.2 Å². The average Bonchev–Trinajstić information content (AvgIpc) is 3.14. The Hall–Kier alpha value is -2.61. The molecular formula is C24H40N4O4. The van der Waals surface area contributed by atoms with E-state index in [1.54, 1.807) is 4.90 Å². The van der Waals surface area contributed by atoms with Crippen LogP contribution in [-0.2, 0) is 19.8 Å². The van der Waals surface area contributed by atoms with Crippen molar-refractivity contribution in [1.82, 2.24) is 19.6 Å². The Balaban J connectivity index is 0.000000343. The summed E-state index contributed by atoms with van der Waals surface area (Å²) in [6.45, 7) is 16.5. The summed E-state index contributed by atoms with van der Waals surface area (Å²) in [5.41, 5.74) is 1.41. The third kappa shape index (κ3) is 6.95. The maximum absolute atomic E-state index is 11.5. The average molecular weight is 449 g/mol. The lowest BCUT2D eigenvalue weighted by molar-refractivity contribution is -0.111. The fourth-order valence-corrected chi connectivity index (χ4v) is 3.80. The van der Waals surface area contributed by atoms with Crippen molar-refractivity contribution in [3.63, 3.8) is 0 Å². The van der Waals surface area contributed by atoms with Crippen LogP contribution in [0.4, 0.5) is 4.79 Å². The van der Waals surface area contributed by atoms with Crippen LogP contribution >= 0.6 is 0 Å². The van der Waals surface area contributed by atoms with E-state index >= 15 is 0 Å². The number of hydrogen-bond donors (Lipinski definition) is 1. The summed E-state index contributed by atoms with van der Waals surface area (Å²) in [5.74, 6) is 1.35. The Morgan fingerprint density at radius 1 is 1.31 bits per heavy atom. The second-order valence-corrected chi connectivity index (χ2v) is 9.80. The van der Waals surface area contributed by atoms with Crippen molar-refractivity contribution >= 4 is 18.0 Å². The highest BCUT2D eigenvalue weighted by Crippen LogP contribution is 2.28. The second-order valence-electron chi connectivity index (χ2n) is 9.80. The Bertz CT molecular complexity index is 903. The lowest BCUT2D eigenvalue weighted by Crippen LogP contribution is -2.43. The summed E-state index contributed by atoms with van der Waals surface area (Å²) < 4.78 is 12.4. The number of nitrogens with one attached hydrogen (secondary N) is 1. The molecule has 180 valence electrons. The highest BCUT2D eigenvalue weighted by Gasteiger charge is 2.31. The Labute approximate surface area is 192 Å². The van der Waals surface area contributed by atoms with Gasteiger partial charge in [-0.2, -0.15) is 0 Å². The third-order valence-electron chi connectivity index (χ3n) is 5.13. The van der Waals surface area contributed by atoms with E-state index in [0.29, 0.717) is 32.2 Å². The summed E-state index contributed by atoms with van der Waals surface area (Å²) in [6, 6.07) is 4.07. The summed E-state index contributed by atoms with van der Waals surface area (Å²) in [5, 5.41) is 2.94. The van der Waals surface area contributed by atoms with Gasteiger partial charge in [-0.1, -0.05) is 19.9 Å². The lowest BCUT2D eigenvalue weighted by Gasteiger charge is -2.29. The number of nitrogens with zero attached hydrogens (tertiary/aromatic N) is 3. The SMILES string of the molecule is CC(C)(C)OC(=O)N1CCOCC1.Cc1cccn2c(C(C)(CC(C)C)NC=O)ncc12.[HH]. The van der Waals surface area contributed by atoms with E-state index in [1.807, 2.05) is 46.2 Å². The van der Waals surface area contributed by atoms with Gasteiger partial charge in [-0.25, -0.2) is 9.78 Å². The van der Waals surface area contributed by atoms with Gasteiger partial charge in [0.05, 0.1) is 30.5 Å². The monoisotopic (exact) mass is 448 g/mol. The molecule has 0 aliphatic carbocycles. The van der Waals surface area contributed by atoms with Crippen LogP contribution in [-0.4, -0.2) is 58.7 Å². The minimum absolute atomic E-state index is 0. The highest BCUT2D eigenvalue weighted by atomic mass is 16.6. The molecule has 0 spiro atoms. The molecule has 3 rings (SSSR count). The lowest BCUT2D eigenvalue weighted by atomic mass is 9.90. The highest BCUT2D eigenvalue weighted by molar-refractivity contribution is 5.68. The van der Waals surface area contributed by atoms with Gasteiger partial charge in [0, 0.05) is 20.7 Å². The number of aryl methyl sites for hydroxylation is 1. The molecule has 1 aliphatic heterocycles. The molecule has 1 atom stereocenters. The number of pyridine rings is 1. The Morgan fingerprint density at radius 3 is 2.53 bits per heavy atom. The van der Waals surface area contributed by atoms with Gasteiger partial charge in [0.1, 0.15) is 11.4 Å². The predicted octanol–water partition coefficient (Wildman–Crippen LogP) is 4.15. The maximum atomic E-state index is 11.5. The molecule has 2 aromatic rings. The van der Waals surface area contributed by atoms with E-state index < -0.39 is 11.1 Å². The number of imidazole rings is 1. The summed E-state index contributed by atoms with van der Waals surface area (Å²) in [6.07, 6.45) is 5.24. The van der Waals surface area contributed by atoms with Crippen molar-refractivity contribution < 1.29 is 20.5 Å². The zero-order valence-corrected chi connectivity index (χ0v) is 20.5. The number of carbonyl (C=O) groups excluding carboxylic acids is 2. The van der Waals surface area contributed by atoms with Crippen LogP contribution in [0.25, 0.3) is 5.52 Å². The van der Waals surface area contributed by atoms with Crippen LogP contribution in [0.15, 0.2) is 24.5 Å². The van der Waals surface area contributed by atoms with Crippen molar-refractivity contribution in [3.05, 3.63) is 35.9 Å². The van der Waals surface area contributed by atoms with Crippen molar-refractivity contribution in [3.8, 4) is 0 Å². The molecule has 8 heteroatoms. The van der Waals surface area contributed by atoms with Crippen LogP contribution in [0, 0.1) is 12.8 Å². The second kappa shape index (κ2) is 10.8. The molecule has 2 aromatic heterocycles. The fourth-order valence-electron chi connectivity index (χ4n) is 3.80. The first-order chi connectivity index (χ1) is 15.0. The van der Waals surface area contributed by atoms with Crippen molar-refractivity contribution in [2.45, 2.75) is 66.0 Å². The molecule has 1 aliphatic rings. The number of amides is 2. The van der Waals surface area contributed by atoms with Gasteiger partial charge in [0.25, 0.3) is 0 Å². The quantitative estimate of drug-likeness (QED) is 0.695. The number of hydrogen-bond acceptors (Lipinski definition) is 5. The normalized spacial score (nSPS) is 16.2. The molecule has 0 bridgehead atoms. The maximum Gasteiger partial charge on any atom is 0.410 e. The molecule has 1 saturated heterocycles. The van der Waals surface area contributed by atoms with E-state index in [4.69, 9.17) is 9.47 Å². The molecule has 1 unspecified atom stereocenters. The fraction of sp³-hybridized carbons (Fsp3) is 0.625. The number of carbonyl (C=O) groups is 2. The van der Waals surface area contributed by atoms with Gasteiger partial charge < -0.3 is 24.1 Å². The van der Waals surface area contributed by atoms with Crippen molar-refractivity contribution in [2.24, 2.45) is 5.92 Å². The molecular weight excluding hydrogens is 408 g/mol. The molecule has 0 saturated carbocycles. The van der Waals surface area contributed by atoms with Crippen molar-refractivity contribution in [1.29, 1.82) is 0 Å². The minimum Gasteiger partial charge on any atom is -0.444 e. The predicted molar refractivity (Wildman–Crippen MR) is 127 cm³/mol. The summed E-state index contributed by atoms with van der Waals surface area (Å²) >= 11 is 0. The van der Waals surface area contributed by atoms with Crippen LogP contribution in [0.2, 0.25) is 0 Å². The van der Waals surface area contributed by atoms with E-state index in [-0.39, 0.29) is 7.52 Å². The van der Waals surface area contributed by atoms with Gasteiger partial charge in [-0.05, 0) is 58.6 Å². The van der Waals surface area contributed by atoms with Crippen LogP contribution in [0.1, 0.15) is 60.8 Å². The van der Waals surface area contributed by atoms with Gasteiger partial charge in [0.2, 0.25) is 6.41 Å². The van der Waals surface area contributed by atoms with Gasteiger partial charge in [0.15, 0.2) is 0 Å². The standard InChI is InChI=1S/C15H21N3O.C9H17NO3.H2/c1-11(2)8-15(4,17-10-19)14-16-9-13-12(3)6-5-7-18(13)14;1-9(2,3)13-8(11)10-4-6-12-7-5-10;/h5-7,9-11H,8H2,1-4H3,(H,17,19);4-7H2,1-3H3;1H. The number of aromatic nitrogens is 2. The molecule has 32 heavy (non-hydrogen) atoms. The molecule has 1 N–H and O–H groups in total. The molecule has 0 aromatic carbocycles. The number of fused-ring (bicyclic) bond motifs is 1. The van der Waals surface area contributed by atoms with E-state index in [9.17, 15) is 9.59 Å². The zero-order valence-electron chi connectivity index (χ0n) is 20.5. The van der Waals surface area contributed by atoms with Gasteiger partial charge in [-0.15, -0.1) is 0 Å². The van der Waals surface area contributed by atoms with E-state index in [0.717, 1.165) is 24.2 Å². The molecule has 8 nitrogen and oxygen atoms in total. The van der Waals surface area contributed by atoms with Gasteiger partial charge >= 0.3 is 6.09 Å². The van der Waals surface area contributed by atoms with Gasteiger partial charge in [-0.3, -0.25) is 4.79 Å². The first-order valence-electron chi connectivity index (χ1n) is 11.2. The third-order valence-corrected chi connectivity index (χ3v) is 5.13. The number of rotatable bonds is 5. The molecule has 3 heterocycles. The van der Waals surface area contributed by atoms with E-state index in [1.165, 1.54) is 5.56 Å². The van der Waals surface area contributed by atoms with Crippen LogP contribution in [0.5, 0.6) is 0 Å². The summed E-state index contributed by atoms with van der Waals surface area (Å²) in [4.78, 5) is 28.6. The van der Waals surface area contributed by atoms with Crippen molar-refractivity contribution in [2.75, 3.05) is 26.3 Å². The molecule has 1 fully saturated rings. The minimum atomic E-state index is -0.448. The first-order valence-corrected chi connectivity index (χ1v) is 11.2. The summed E-state index contributed by atoms with van der Waals surface area (Å²) in [7, 11) is 0. The first kappa shape index (κ1) is 25.6. The van der Waals surface area contributed by atoms with E-state index in [2.05, 4.69) is 41.5 Å². The molecule has 2 amide bonds. The van der Waals surface area contributed by atoms with Crippen LogP contribution in [0.3, 0.4) is 0 Å². The Kier molecular flexibility index (Phi) is 8.66. The largest absolute Gasteiger partial charge is 0.444 e.